The molecule has 7 rings (SSSR count). The maximum Gasteiger partial charge on any atom is 0.309 e. The van der Waals surface area contributed by atoms with E-state index >= 15 is 0 Å². The molecule has 0 bridgehead atoms. The molecule has 308 valence electrons. The lowest BCUT2D eigenvalue weighted by Crippen LogP contribution is -2.68. The van der Waals surface area contributed by atoms with Crippen LogP contribution in [0, 0.1) is 56.7 Å². The molecule has 0 radical (unpaired) electrons. The van der Waals surface area contributed by atoms with Crippen molar-refractivity contribution in [1.29, 1.82) is 0 Å². The first-order chi connectivity index (χ1) is 25.2. The number of aliphatic hydroxyl groups excluding tert-OH is 7. The number of carbonyl (C=O) groups is 1. The van der Waals surface area contributed by atoms with E-state index in [1.54, 1.807) is 0 Å². The van der Waals surface area contributed by atoms with Crippen molar-refractivity contribution in [2.75, 3.05) is 6.61 Å². The van der Waals surface area contributed by atoms with Gasteiger partial charge in [-0.2, -0.15) is 0 Å². The highest BCUT2D eigenvalue weighted by atomic mass is 16.8. The highest BCUT2D eigenvalue weighted by molar-refractivity contribution is 5.76. The fourth-order valence-electron chi connectivity index (χ4n) is 14.3. The number of fused-ring (bicyclic) bond motifs is 7. The van der Waals surface area contributed by atoms with E-state index in [1.165, 1.54) is 6.92 Å². The molecular formula is C41H66O13. The summed E-state index contributed by atoms with van der Waals surface area (Å²) in [6.07, 6.45) is -7.75. The summed E-state index contributed by atoms with van der Waals surface area (Å²) in [5.41, 5.74) is -0.648. The van der Waals surface area contributed by atoms with E-state index in [2.05, 4.69) is 34.3 Å². The van der Waals surface area contributed by atoms with Crippen LogP contribution in [0.5, 0.6) is 0 Å². The second kappa shape index (κ2) is 14.0. The molecule has 0 spiro atoms. The summed E-state index contributed by atoms with van der Waals surface area (Å²) in [7, 11) is 0. The normalized spacial score (nSPS) is 57.3. The van der Waals surface area contributed by atoms with Gasteiger partial charge in [0.05, 0.1) is 24.2 Å². The minimum Gasteiger partial charge on any atom is -0.481 e. The quantitative estimate of drug-likeness (QED) is 0.138. The summed E-state index contributed by atoms with van der Waals surface area (Å²) in [5, 5.41) is 85.5. The SMILES string of the molecule is C=C(C)C1CCC2(C(=O)O)CCC3(C)C(CCC4C5(C)CCC(OC6OC(O)C(O)C(O)C6OC6OC(C)C(O)C(O)C6O)C(C)(CO)C5CCC43C)C12. The van der Waals surface area contributed by atoms with E-state index in [4.69, 9.17) is 18.9 Å². The molecule has 13 nitrogen and oxygen atoms in total. The Labute approximate surface area is 319 Å². The molecular weight excluding hydrogens is 700 g/mol. The topological polar surface area (TPSA) is 216 Å². The van der Waals surface area contributed by atoms with Gasteiger partial charge in [0.1, 0.15) is 36.6 Å². The molecule has 5 saturated carbocycles. The van der Waals surface area contributed by atoms with Crippen molar-refractivity contribution in [3.8, 4) is 0 Å². The van der Waals surface area contributed by atoms with Gasteiger partial charge in [0, 0.05) is 5.41 Å². The Morgan fingerprint density at radius 3 is 2.09 bits per heavy atom. The van der Waals surface area contributed by atoms with Crippen molar-refractivity contribution in [3.63, 3.8) is 0 Å². The number of carboxylic acids is 1. The van der Waals surface area contributed by atoms with E-state index in [9.17, 15) is 45.6 Å². The Morgan fingerprint density at radius 1 is 0.741 bits per heavy atom. The average molecular weight is 767 g/mol. The first-order valence-electron chi connectivity index (χ1n) is 20.4. The Balaban J connectivity index is 1.15. The lowest BCUT2D eigenvalue weighted by Gasteiger charge is -2.73. The molecule has 7 aliphatic rings. The molecule has 13 heteroatoms. The van der Waals surface area contributed by atoms with Crippen molar-refractivity contribution in [2.45, 2.75) is 173 Å². The van der Waals surface area contributed by atoms with E-state index in [0.29, 0.717) is 18.8 Å². The number of hydrogen-bond donors (Lipinski definition) is 8. The molecule has 2 aliphatic heterocycles. The third-order valence-electron chi connectivity index (χ3n) is 17.5. The Kier molecular flexibility index (Phi) is 10.6. The van der Waals surface area contributed by atoms with E-state index in [-0.39, 0.29) is 46.5 Å². The van der Waals surface area contributed by atoms with Gasteiger partial charge in [-0.1, -0.05) is 39.8 Å². The van der Waals surface area contributed by atoms with Crippen molar-refractivity contribution in [2.24, 2.45) is 56.7 Å². The maximum atomic E-state index is 13.1. The highest BCUT2D eigenvalue weighted by Gasteiger charge is 2.72. The molecule has 5 aliphatic carbocycles. The zero-order chi connectivity index (χ0) is 39.5. The Bertz CT molecular complexity index is 1440. The molecule has 0 aromatic heterocycles. The summed E-state index contributed by atoms with van der Waals surface area (Å²) in [5.74, 6) is 0.290. The monoisotopic (exact) mass is 766 g/mol. The van der Waals surface area contributed by atoms with Gasteiger partial charge in [0.15, 0.2) is 18.9 Å². The van der Waals surface area contributed by atoms with Crippen LogP contribution < -0.4 is 0 Å². The van der Waals surface area contributed by atoms with Crippen molar-refractivity contribution < 1.29 is 64.6 Å². The molecule has 2 heterocycles. The fraction of sp³-hybridized carbons (Fsp3) is 0.927. The molecule has 0 aromatic rings. The summed E-state index contributed by atoms with van der Waals surface area (Å²) >= 11 is 0. The minimum atomic E-state index is -1.81. The van der Waals surface area contributed by atoms with Gasteiger partial charge in [-0.25, -0.2) is 0 Å². The van der Waals surface area contributed by atoms with Crippen LogP contribution in [-0.2, 0) is 23.7 Å². The van der Waals surface area contributed by atoms with Crippen LogP contribution in [0.3, 0.4) is 0 Å². The standard InChI is InChI=1S/C41H66O13/c1-19(2)21-10-15-41(36(49)50)17-16-39(6)22(26(21)41)8-9-24-37(4)13-12-25(38(5,18-42)23(37)11-14-40(24,39)7)52-35-32(29(45)30(46)33(48)54-35)53-34-31(47)28(44)27(43)20(3)51-34/h20-35,42-48H,1,8-18H2,2-7H3,(H,49,50). The highest BCUT2D eigenvalue weighted by Crippen LogP contribution is 2.77. The molecule has 54 heavy (non-hydrogen) atoms. The van der Waals surface area contributed by atoms with Crippen molar-refractivity contribution >= 4 is 5.97 Å². The van der Waals surface area contributed by atoms with Crippen LogP contribution in [-0.4, -0.2) is 121 Å². The van der Waals surface area contributed by atoms with Crippen molar-refractivity contribution in [3.05, 3.63) is 12.2 Å². The number of aliphatic hydroxyl groups is 7. The summed E-state index contributed by atoms with van der Waals surface area (Å²) in [4.78, 5) is 13.1. The van der Waals surface area contributed by atoms with Crippen LogP contribution in [0.1, 0.15) is 106 Å². The molecule has 0 aromatic carbocycles. The number of ether oxygens (including phenoxy) is 4. The van der Waals surface area contributed by atoms with E-state index < -0.39 is 84.5 Å². The van der Waals surface area contributed by atoms with Gasteiger partial charge in [0.25, 0.3) is 0 Å². The fourth-order valence-corrected chi connectivity index (χ4v) is 14.3. The average Bonchev–Trinajstić information content (AvgIpc) is 3.53. The molecule has 21 unspecified atom stereocenters. The summed E-state index contributed by atoms with van der Waals surface area (Å²) < 4.78 is 23.9. The molecule has 2 saturated heterocycles. The first-order valence-corrected chi connectivity index (χ1v) is 20.4. The second-order valence-corrected chi connectivity index (χ2v) is 19.6. The van der Waals surface area contributed by atoms with Crippen LogP contribution in [0.15, 0.2) is 12.2 Å². The number of carboxylic acid groups (broad SMARTS) is 1. The smallest absolute Gasteiger partial charge is 0.309 e. The zero-order valence-corrected chi connectivity index (χ0v) is 32.8. The second-order valence-electron chi connectivity index (χ2n) is 19.6. The van der Waals surface area contributed by atoms with Gasteiger partial charge in [-0.05, 0) is 124 Å². The number of hydrogen-bond acceptors (Lipinski definition) is 12. The third-order valence-corrected chi connectivity index (χ3v) is 17.5. The summed E-state index contributed by atoms with van der Waals surface area (Å²) in [6, 6.07) is 0. The van der Waals surface area contributed by atoms with Crippen molar-refractivity contribution in [1.82, 2.24) is 0 Å². The first kappa shape index (κ1) is 40.9. The van der Waals surface area contributed by atoms with Crippen LogP contribution in [0.4, 0.5) is 0 Å². The molecule has 8 N–H and O–H groups in total. The predicted molar refractivity (Wildman–Crippen MR) is 193 cm³/mol. The van der Waals surface area contributed by atoms with Gasteiger partial charge in [-0.3, -0.25) is 4.79 Å². The van der Waals surface area contributed by atoms with Crippen LogP contribution >= 0.6 is 0 Å². The largest absolute Gasteiger partial charge is 0.481 e. The van der Waals surface area contributed by atoms with Gasteiger partial charge in [0.2, 0.25) is 0 Å². The minimum absolute atomic E-state index is 0.0349. The van der Waals surface area contributed by atoms with Gasteiger partial charge in [-0.15, -0.1) is 0 Å². The third kappa shape index (κ3) is 5.68. The lowest BCUT2D eigenvalue weighted by molar-refractivity contribution is -0.395. The van der Waals surface area contributed by atoms with Gasteiger partial charge < -0.3 is 59.8 Å². The number of rotatable bonds is 7. The Hall–Kier alpha value is -1.23. The van der Waals surface area contributed by atoms with E-state index in [0.717, 1.165) is 56.9 Å². The molecule has 0 amide bonds. The molecule has 21 atom stereocenters. The summed E-state index contributed by atoms with van der Waals surface area (Å²) in [6.45, 7) is 17.0. The molecule has 7 fully saturated rings. The van der Waals surface area contributed by atoms with Crippen LogP contribution in [0.25, 0.3) is 0 Å². The number of allylic oxidation sites excluding steroid dienone is 1. The van der Waals surface area contributed by atoms with E-state index in [1.807, 2.05) is 6.92 Å². The number of aliphatic carboxylic acids is 1. The van der Waals surface area contributed by atoms with Crippen LogP contribution in [0.2, 0.25) is 0 Å². The Morgan fingerprint density at radius 2 is 1.44 bits per heavy atom. The zero-order valence-electron chi connectivity index (χ0n) is 32.8. The predicted octanol–water partition coefficient (Wildman–Crippen LogP) is 2.70. The van der Waals surface area contributed by atoms with Gasteiger partial charge >= 0.3 is 5.97 Å². The maximum absolute atomic E-state index is 13.1. The lowest BCUT2D eigenvalue weighted by atomic mass is 9.32.